The number of carbonyl (C=O) groups excluding carboxylic acids is 12. The number of aliphatic hydroxyl groups is 4. The monoisotopic (exact) mass is 1330 g/mol. The van der Waals surface area contributed by atoms with Gasteiger partial charge in [0, 0.05) is 50.8 Å². The Bertz CT molecular complexity index is 3090. The third-order valence-electron chi connectivity index (χ3n) is 14.8. The van der Waals surface area contributed by atoms with Crippen LogP contribution in [0.2, 0.25) is 0 Å². The Balaban J connectivity index is 1.63. The molecule has 0 radical (unpaired) electrons. The maximum Gasteiger partial charge on any atom is 0.303 e. The number of aromatic nitrogens is 1. The lowest BCUT2D eigenvalue weighted by molar-refractivity contribution is -0.150. The Morgan fingerprint density at radius 1 is 0.691 bits per heavy atom. The van der Waals surface area contributed by atoms with E-state index in [0.717, 1.165) is 19.1 Å². The van der Waals surface area contributed by atoms with Crippen LogP contribution in [0.3, 0.4) is 0 Å². The van der Waals surface area contributed by atoms with E-state index in [4.69, 9.17) is 16.6 Å². The van der Waals surface area contributed by atoms with Gasteiger partial charge in [0.1, 0.15) is 60.2 Å². The third kappa shape index (κ3) is 23.4. The molecule has 94 heavy (non-hydrogen) atoms. The minimum atomic E-state index is -1.97. The largest absolute Gasteiger partial charge is 0.504 e. The molecule has 1 saturated heterocycles. The van der Waals surface area contributed by atoms with E-state index in [0.29, 0.717) is 0 Å². The highest BCUT2D eigenvalue weighted by Crippen LogP contribution is 2.40. The summed E-state index contributed by atoms with van der Waals surface area (Å²) in [5.41, 5.74) is 10.3. The first-order chi connectivity index (χ1) is 44.5. The average molecular weight is 1330 g/mol. The van der Waals surface area contributed by atoms with Crippen molar-refractivity contribution in [2.45, 2.75) is 157 Å². The van der Waals surface area contributed by atoms with Gasteiger partial charge in [-0.3, -0.25) is 82.5 Å². The fraction of sp³-hybridized carbons (Fsp3) is 0.582. The van der Waals surface area contributed by atoms with Gasteiger partial charge in [-0.05, 0) is 90.2 Å². The number of aliphatic hydroxyl groups excluding tert-OH is 4. The molecule has 0 bridgehead atoms. The molecule has 0 aromatic rings. The molecule has 39 heteroatoms. The molecule has 0 saturated carbocycles. The lowest BCUT2D eigenvalue weighted by atomic mass is 10.0. The molecule has 1 fully saturated rings. The molecule has 39 nitrogen and oxygen atoms in total. The van der Waals surface area contributed by atoms with Gasteiger partial charge in [-0.1, -0.05) is 0 Å². The molecule has 4 rings (SSSR count). The first-order valence-corrected chi connectivity index (χ1v) is 29.9. The molecule has 0 aromatic carbocycles. The molecule has 23 N–H and O–H groups in total. The first kappa shape index (κ1) is 76.6. The van der Waals surface area contributed by atoms with E-state index in [1.54, 1.807) is 0 Å². The standard InChI is InChI=1S/C55H83N17O22/c1-27(77)43-53(91)59-15-4-3-8-30(46(84)63-33(11-7-19-71(94)26-76)49(87)68-44(28(2)78)54(92)69-43)62-47(85)32(10-6-18-70(93)25-75)65-50(88)35(23-73)66-48(86)31(9-5-16-60-55(56)57)64-51(89)36(24-74)67-52(90)37-14-17-58-45-34(61-41(81)12-13-42(82)83)20-29-21-39(79)40(80)22-38(29)72(37)45/h20-22,25-28,30-33,35-37,43-44,58,73-74,77-79,93-94H,3-19,23-24H2,1-2H3,(H,59,91)(H,61,81)(H,62,85)(H,63,84)(H,64,89)(H,65,88)(H,66,86)(H,67,90)(H,68,87)(H,69,92)(H,82,83)(H4,56,57,60)/t27?,28?,30?,31?,32?,33?,35?,36?,37-,43?,44?/m0/s1. The van der Waals surface area contributed by atoms with Gasteiger partial charge in [0.05, 0.1) is 43.2 Å². The van der Waals surface area contributed by atoms with Gasteiger partial charge >= 0.3 is 5.97 Å². The number of phenolic OH excluding ortho intramolecular Hbond substituents is 1. The normalized spacial score (nSPS) is 19.7. The summed E-state index contributed by atoms with van der Waals surface area (Å²) in [5.74, 6) is -12.9. The van der Waals surface area contributed by atoms with Gasteiger partial charge in [-0.2, -0.15) is 0 Å². The van der Waals surface area contributed by atoms with Crippen molar-refractivity contribution in [1.82, 2.24) is 62.5 Å². The van der Waals surface area contributed by atoms with Crippen LogP contribution >= 0.6 is 0 Å². The van der Waals surface area contributed by atoms with Crippen LogP contribution in [0.4, 0.5) is 11.5 Å². The van der Waals surface area contributed by atoms with E-state index >= 15 is 0 Å². The zero-order valence-electron chi connectivity index (χ0n) is 51.4. The number of aliphatic imine (C=N–C) groups is 1. The Kier molecular flexibility index (Phi) is 30.7. The summed E-state index contributed by atoms with van der Waals surface area (Å²) in [4.78, 5) is 189. The maximum atomic E-state index is 14.4. The molecule has 0 aromatic heterocycles. The number of pyridine rings is 1. The molecular formula is C55H83N17O22. The van der Waals surface area contributed by atoms with Gasteiger partial charge < -0.3 is 105 Å². The number of anilines is 2. The number of hydroxylamine groups is 4. The number of phenols is 1. The highest BCUT2D eigenvalue weighted by atomic mass is 16.5. The van der Waals surface area contributed by atoms with Gasteiger partial charge in [0.2, 0.25) is 77.3 Å². The number of rotatable bonds is 32. The van der Waals surface area contributed by atoms with Gasteiger partial charge in [0.15, 0.2) is 11.7 Å². The summed E-state index contributed by atoms with van der Waals surface area (Å²) in [7, 11) is 0. The number of fused-ring (bicyclic) bond motifs is 3. The van der Waals surface area contributed by atoms with Crippen LogP contribution in [0.15, 0.2) is 28.0 Å². The third-order valence-corrected chi connectivity index (χ3v) is 14.8. The number of aliphatic carboxylic acids is 1. The second-order valence-electron chi connectivity index (χ2n) is 22.1. The number of hydrogen-bond donors (Lipinski definition) is 21. The highest BCUT2D eigenvalue weighted by molar-refractivity contribution is 6.00. The Morgan fingerprint density at radius 3 is 1.87 bits per heavy atom. The second-order valence-corrected chi connectivity index (χ2v) is 22.1. The number of carboxylic acids is 1. The summed E-state index contributed by atoms with van der Waals surface area (Å²) in [6.45, 7) is -1.01. The lowest BCUT2D eigenvalue weighted by Gasteiger charge is -2.34. The molecule has 1 aliphatic carbocycles. The topological polar surface area (TPSA) is 609 Å². The molecule has 12 amide bonds. The Morgan fingerprint density at radius 2 is 1.27 bits per heavy atom. The van der Waals surface area contributed by atoms with Crippen LogP contribution in [0, 0.1) is 0 Å². The Hall–Kier alpha value is -9.83. The SMILES string of the molecule is CC(O)C1NC(=O)C(CCCN(O)C=O)NC(=O)C(NC(=O)C(CCCN(O)C=O)NC(=O)C(CO)NC(=O)C(CCCN=C(N)N)NC(=O)C(CO)NC(=O)[C@@H]2CCNc3c(NC(=O)CCC(=O)O)cc4cc(O)c(=O)cc-4n32)CCCCNC(=O)C(C(C)O)NC1=O. The maximum absolute atomic E-state index is 14.4. The minimum Gasteiger partial charge on any atom is -0.504 e. The average Bonchev–Trinajstić information content (AvgIpc) is 0.751. The van der Waals surface area contributed by atoms with E-state index in [1.807, 2.05) is 0 Å². The van der Waals surface area contributed by atoms with E-state index in [9.17, 15) is 103 Å². The summed E-state index contributed by atoms with van der Waals surface area (Å²) < 4.78 is 1.29. The van der Waals surface area contributed by atoms with Crippen molar-refractivity contribution in [3.8, 4) is 17.0 Å². The minimum absolute atomic E-state index is 0.00878. The predicted molar refractivity (Wildman–Crippen MR) is 324 cm³/mol. The molecule has 4 aliphatic rings. The number of amides is 12. The van der Waals surface area contributed by atoms with Crippen molar-refractivity contribution < 1.29 is 103 Å². The Labute approximate surface area is 535 Å². The number of nitrogens with one attached hydrogen (secondary N) is 11. The molecule has 11 atom stereocenters. The summed E-state index contributed by atoms with van der Waals surface area (Å²) in [6.07, 6.45) is -5.84. The summed E-state index contributed by atoms with van der Waals surface area (Å²) in [6, 6.07) is -11.8. The van der Waals surface area contributed by atoms with Crippen molar-refractivity contribution in [2.24, 2.45) is 16.5 Å². The predicted octanol–water partition coefficient (Wildman–Crippen LogP) is -7.95. The highest BCUT2D eigenvalue weighted by Gasteiger charge is 2.38. The van der Waals surface area contributed by atoms with Crippen molar-refractivity contribution in [1.29, 1.82) is 0 Å². The number of nitrogens with two attached hydrogens (primary N) is 2. The van der Waals surface area contributed by atoms with Crippen LogP contribution in [0.1, 0.15) is 96.9 Å². The summed E-state index contributed by atoms with van der Waals surface area (Å²) >= 11 is 0. The smallest absolute Gasteiger partial charge is 0.303 e. The summed E-state index contributed by atoms with van der Waals surface area (Å²) in [5, 5.41) is 109. The zero-order valence-corrected chi connectivity index (χ0v) is 51.4. The van der Waals surface area contributed by atoms with Crippen LogP contribution in [0.25, 0.3) is 11.3 Å². The van der Waals surface area contributed by atoms with Crippen LogP contribution in [0.5, 0.6) is 5.75 Å². The van der Waals surface area contributed by atoms with E-state index in [1.165, 1.54) is 17.6 Å². The van der Waals surface area contributed by atoms with Crippen molar-refractivity contribution >= 4 is 95.3 Å². The molecular weight excluding hydrogens is 1250 g/mol. The fourth-order valence-electron chi connectivity index (χ4n) is 9.83. The quantitative estimate of drug-likeness (QED) is 0.00808. The van der Waals surface area contributed by atoms with Crippen LogP contribution < -0.4 is 75.4 Å². The first-order valence-electron chi connectivity index (χ1n) is 29.9. The lowest BCUT2D eigenvalue weighted by Crippen LogP contribution is -2.62. The van der Waals surface area contributed by atoms with Crippen molar-refractivity contribution in [3.05, 3.63) is 28.4 Å². The number of carbonyl (C=O) groups is 13. The number of hydrogen-bond acceptors (Lipinski definition) is 23. The van der Waals surface area contributed by atoms with Gasteiger partial charge in [-0.15, -0.1) is 0 Å². The van der Waals surface area contributed by atoms with Crippen molar-refractivity contribution in [3.63, 3.8) is 0 Å². The van der Waals surface area contributed by atoms with Gasteiger partial charge in [-0.25, -0.2) is 10.1 Å². The fourth-order valence-corrected chi connectivity index (χ4v) is 9.83. The van der Waals surface area contributed by atoms with Gasteiger partial charge in [0.25, 0.3) is 0 Å². The number of benzene rings is 1. The molecule has 10 unspecified atom stereocenters. The van der Waals surface area contributed by atoms with Crippen molar-refractivity contribution in [2.75, 3.05) is 56.6 Å². The molecule has 0 spiro atoms. The van der Waals surface area contributed by atoms with E-state index in [2.05, 4.69) is 63.5 Å². The zero-order chi connectivity index (χ0) is 69.9. The van der Waals surface area contributed by atoms with Crippen LogP contribution in [-0.2, 0) is 62.3 Å². The number of aromatic hydroxyl groups is 1. The molecule has 3 heterocycles. The number of nitrogens with zero attached hydrogens (tertiary/aromatic N) is 4. The van der Waals surface area contributed by atoms with Crippen LogP contribution in [-0.4, -0.2) is 246 Å². The van der Waals surface area contributed by atoms with E-state index < -0.39 is 182 Å². The molecule has 3 aliphatic heterocycles. The second kappa shape index (κ2) is 37.6. The van der Waals surface area contributed by atoms with E-state index in [-0.39, 0.29) is 136 Å². The number of carboxylic acid groups (broad SMARTS) is 1. The molecule has 520 valence electrons. The number of guanidine groups is 1.